The minimum atomic E-state index is -0.196. The summed E-state index contributed by atoms with van der Waals surface area (Å²) in [5.74, 6) is 0.523. The van der Waals surface area contributed by atoms with Gasteiger partial charge in [-0.2, -0.15) is 5.10 Å². The van der Waals surface area contributed by atoms with Gasteiger partial charge in [0.1, 0.15) is 12.1 Å². The fraction of sp³-hybridized carbons (Fsp3) is 0.667. The summed E-state index contributed by atoms with van der Waals surface area (Å²) >= 11 is 0. The molecule has 2 aromatic rings. The SMILES string of the molecule is O=C(Nc1ncnc2c1cnn2CCN1CCCCC1)NC1CCCC1. The minimum Gasteiger partial charge on any atom is -0.335 e. The first-order valence-corrected chi connectivity index (χ1v) is 9.76. The van der Waals surface area contributed by atoms with E-state index < -0.39 is 0 Å². The van der Waals surface area contributed by atoms with Gasteiger partial charge in [0.15, 0.2) is 5.65 Å². The first-order valence-electron chi connectivity index (χ1n) is 9.76. The Morgan fingerprint density at radius 1 is 1.08 bits per heavy atom. The number of piperidine rings is 1. The molecule has 0 bridgehead atoms. The summed E-state index contributed by atoms with van der Waals surface area (Å²) in [5.41, 5.74) is 0.771. The molecule has 1 saturated heterocycles. The fourth-order valence-electron chi connectivity index (χ4n) is 3.97. The van der Waals surface area contributed by atoms with E-state index in [1.165, 1.54) is 51.5 Å². The van der Waals surface area contributed by atoms with E-state index in [2.05, 4.69) is 30.6 Å². The maximum Gasteiger partial charge on any atom is 0.320 e. The molecule has 26 heavy (non-hydrogen) atoms. The summed E-state index contributed by atoms with van der Waals surface area (Å²) in [6, 6.07) is 0.0811. The van der Waals surface area contributed by atoms with Crippen LogP contribution in [0.3, 0.4) is 0 Å². The van der Waals surface area contributed by atoms with Crippen LogP contribution in [0, 0.1) is 0 Å². The average molecular weight is 357 g/mol. The quantitative estimate of drug-likeness (QED) is 0.858. The Morgan fingerprint density at radius 3 is 2.69 bits per heavy atom. The van der Waals surface area contributed by atoms with E-state index in [-0.39, 0.29) is 12.1 Å². The molecule has 2 aromatic heterocycles. The lowest BCUT2D eigenvalue weighted by atomic mass is 10.1. The molecule has 0 aromatic carbocycles. The zero-order chi connectivity index (χ0) is 17.8. The Hall–Kier alpha value is -2.22. The molecule has 0 atom stereocenters. The van der Waals surface area contributed by atoms with Crippen LogP contribution in [0.1, 0.15) is 44.9 Å². The first kappa shape index (κ1) is 17.2. The van der Waals surface area contributed by atoms with Gasteiger partial charge in [-0.05, 0) is 38.8 Å². The largest absolute Gasteiger partial charge is 0.335 e. The third-order valence-corrected chi connectivity index (χ3v) is 5.43. The number of fused-ring (bicyclic) bond motifs is 1. The predicted molar refractivity (Wildman–Crippen MR) is 100 cm³/mol. The highest BCUT2D eigenvalue weighted by molar-refractivity contribution is 5.97. The number of aromatic nitrogens is 4. The molecule has 0 radical (unpaired) electrons. The summed E-state index contributed by atoms with van der Waals surface area (Å²) < 4.78 is 1.91. The molecule has 1 saturated carbocycles. The van der Waals surface area contributed by atoms with E-state index >= 15 is 0 Å². The third kappa shape index (κ3) is 3.95. The highest BCUT2D eigenvalue weighted by Crippen LogP contribution is 2.20. The average Bonchev–Trinajstić information content (AvgIpc) is 3.31. The number of anilines is 1. The Kier molecular flexibility index (Phi) is 5.29. The Balaban J connectivity index is 1.41. The van der Waals surface area contributed by atoms with Gasteiger partial charge in [-0.25, -0.2) is 19.4 Å². The van der Waals surface area contributed by atoms with Gasteiger partial charge >= 0.3 is 6.03 Å². The lowest BCUT2D eigenvalue weighted by Crippen LogP contribution is -2.36. The molecule has 140 valence electrons. The molecule has 0 unspecified atom stereocenters. The van der Waals surface area contributed by atoms with Crippen LogP contribution in [0.25, 0.3) is 11.0 Å². The van der Waals surface area contributed by atoms with E-state index in [9.17, 15) is 4.79 Å². The van der Waals surface area contributed by atoms with Crippen molar-refractivity contribution in [1.82, 2.24) is 30.0 Å². The van der Waals surface area contributed by atoms with Crippen molar-refractivity contribution in [3.63, 3.8) is 0 Å². The Labute approximate surface area is 153 Å². The van der Waals surface area contributed by atoms with Gasteiger partial charge in [-0.3, -0.25) is 5.32 Å². The van der Waals surface area contributed by atoms with Crippen molar-refractivity contribution in [3.05, 3.63) is 12.5 Å². The standard InChI is InChI=1S/C18H27N7O/c26-18(22-14-6-2-3-7-14)23-16-15-12-21-25(17(15)20-13-19-16)11-10-24-8-4-1-5-9-24/h12-14H,1-11H2,(H2,19,20,22,23,26). The van der Waals surface area contributed by atoms with Crippen molar-refractivity contribution in [2.75, 3.05) is 25.0 Å². The maximum absolute atomic E-state index is 12.2. The lowest BCUT2D eigenvalue weighted by molar-refractivity contribution is 0.219. The highest BCUT2D eigenvalue weighted by atomic mass is 16.2. The molecule has 2 N–H and O–H groups in total. The monoisotopic (exact) mass is 357 g/mol. The number of carbonyl (C=O) groups is 1. The van der Waals surface area contributed by atoms with E-state index in [1.807, 2.05) is 4.68 Å². The number of likely N-dealkylation sites (tertiary alicyclic amines) is 1. The molecule has 1 aliphatic carbocycles. The predicted octanol–water partition coefficient (Wildman–Crippen LogP) is 2.38. The number of urea groups is 1. The van der Waals surface area contributed by atoms with Crippen molar-refractivity contribution < 1.29 is 4.79 Å². The summed E-state index contributed by atoms with van der Waals surface area (Å²) in [4.78, 5) is 23.3. The van der Waals surface area contributed by atoms with E-state index in [0.29, 0.717) is 5.82 Å². The van der Waals surface area contributed by atoms with Crippen molar-refractivity contribution >= 4 is 22.9 Å². The van der Waals surface area contributed by atoms with Crippen LogP contribution in [0.15, 0.2) is 12.5 Å². The number of nitrogens with zero attached hydrogens (tertiary/aromatic N) is 5. The number of hydrogen-bond donors (Lipinski definition) is 2. The van der Waals surface area contributed by atoms with Crippen LogP contribution in [0.5, 0.6) is 0 Å². The minimum absolute atomic E-state index is 0.196. The molecular weight excluding hydrogens is 330 g/mol. The second-order valence-corrected chi connectivity index (χ2v) is 7.31. The second-order valence-electron chi connectivity index (χ2n) is 7.31. The molecule has 2 fully saturated rings. The number of hydrogen-bond acceptors (Lipinski definition) is 5. The lowest BCUT2D eigenvalue weighted by Gasteiger charge is -2.26. The molecule has 0 spiro atoms. The molecule has 1 aliphatic heterocycles. The van der Waals surface area contributed by atoms with Gasteiger partial charge in [0.05, 0.1) is 18.1 Å². The Morgan fingerprint density at radius 2 is 1.88 bits per heavy atom. The molecule has 8 heteroatoms. The van der Waals surface area contributed by atoms with Crippen LogP contribution in [-0.2, 0) is 6.54 Å². The number of rotatable bonds is 5. The van der Waals surface area contributed by atoms with E-state index in [4.69, 9.17) is 0 Å². The van der Waals surface area contributed by atoms with Gasteiger partial charge in [0, 0.05) is 12.6 Å². The van der Waals surface area contributed by atoms with E-state index in [0.717, 1.165) is 37.0 Å². The van der Waals surface area contributed by atoms with Crippen molar-refractivity contribution in [2.24, 2.45) is 0 Å². The van der Waals surface area contributed by atoms with E-state index in [1.54, 1.807) is 6.20 Å². The topological polar surface area (TPSA) is 88.0 Å². The van der Waals surface area contributed by atoms with Gasteiger partial charge in [-0.15, -0.1) is 0 Å². The molecule has 2 amide bonds. The van der Waals surface area contributed by atoms with Crippen LogP contribution < -0.4 is 10.6 Å². The third-order valence-electron chi connectivity index (χ3n) is 5.43. The van der Waals surface area contributed by atoms with Crippen LogP contribution in [0.2, 0.25) is 0 Å². The molecular formula is C18H27N7O. The smallest absolute Gasteiger partial charge is 0.320 e. The first-order chi connectivity index (χ1) is 12.8. The van der Waals surface area contributed by atoms with Crippen molar-refractivity contribution in [3.8, 4) is 0 Å². The highest BCUT2D eigenvalue weighted by Gasteiger charge is 2.19. The number of amides is 2. The summed E-state index contributed by atoms with van der Waals surface area (Å²) in [5, 5.41) is 11.1. The maximum atomic E-state index is 12.2. The zero-order valence-corrected chi connectivity index (χ0v) is 15.2. The second kappa shape index (κ2) is 7.99. The fourth-order valence-corrected chi connectivity index (χ4v) is 3.97. The van der Waals surface area contributed by atoms with Crippen molar-refractivity contribution in [2.45, 2.75) is 57.5 Å². The molecule has 8 nitrogen and oxygen atoms in total. The zero-order valence-electron chi connectivity index (χ0n) is 15.2. The van der Waals surface area contributed by atoms with Crippen molar-refractivity contribution in [1.29, 1.82) is 0 Å². The summed E-state index contributed by atoms with van der Waals surface area (Å²) in [7, 11) is 0. The summed E-state index contributed by atoms with van der Waals surface area (Å²) in [6.07, 6.45) is 11.6. The molecule has 2 aliphatic rings. The normalized spacial score (nSPS) is 19.1. The van der Waals surface area contributed by atoms with Gasteiger partial charge in [0.25, 0.3) is 0 Å². The number of nitrogens with one attached hydrogen (secondary N) is 2. The summed E-state index contributed by atoms with van der Waals surface area (Å²) in [6.45, 7) is 4.12. The number of carbonyl (C=O) groups excluding carboxylic acids is 1. The van der Waals surface area contributed by atoms with Crippen LogP contribution >= 0.6 is 0 Å². The van der Waals surface area contributed by atoms with Crippen LogP contribution in [-0.4, -0.2) is 56.4 Å². The van der Waals surface area contributed by atoms with Crippen LogP contribution in [0.4, 0.5) is 10.6 Å². The van der Waals surface area contributed by atoms with Gasteiger partial charge in [-0.1, -0.05) is 19.3 Å². The molecule has 4 rings (SSSR count). The Bertz CT molecular complexity index is 747. The molecule has 3 heterocycles. The van der Waals surface area contributed by atoms with Gasteiger partial charge < -0.3 is 10.2 Å². The van der Waals surface area contributed by atoms with Gasteiger partial charge in [0.2, 0.25) is 0 Å².